The Morgan fingerprint density at radius 2 is 1.55 bits per heavy atom. The van der Waals surface area contributed by atoms with Gasteiger partial charge in [0, 0.05) is 25.3 Å². The highest BCUT2D eigenvalue weighted by Crippen LogP contribution is 2.18. The molecule has 0 saturated heterocycles. The van der Waals surface area contributed by atoms with Crippen LogP contribution < -0.4 is 10.0 Å². The predicted molar refractivity (Wildman–Crippen MR) is 123 cm³/mol. The van der Waals surface area contributed by atoms with E-state index >= 15 is 0 Å². The summed E-state index contributed by atoms with van der Waals surface area (Å²) in [5, 5.41) is 2.51. The second-order valence-corrected chi connectivity index (χ2v) is 10.5. The fourth-order valence-electron chi connectivity index (χ4n) is 2.90. The first kappa shape index (κ1) is 26.5. The first-order valence-corrected chi connectivity index (χ1v) is 13.1. The third kappa shape index (κ3) is 6.84. The number of nitrogens with one attached hydrogen (secondary N) is 2. The Balaban J connectivity index is 1.99. The molecular weight excluding hydrogens is 470 g/mol. The van der Waals surface area contributed by atoms with Crippen molar-refractivity contribution in [2.24, 2.45) is 0 Å². The van der Waals surface area contributed by atoms with Crippen LogP contribution in [-0.4, -0.2) is 59.3 Å². The van der Waals surface area contributed by atoms with Crippen molar-refractivity contribution in [3.63, 3.8) is 0 Å². The molecule has 12 heteroatoms. The quantitative estimate of drug-likeness (QED) is 0.451. The molecule has 0 aliphatic heterocycles. The molecule has 0 aliphatic carbocycles. The minimum Gasteiger partial charge on any atom is -0.452 e. The van der Waals surface area contributed by atoms with Gasteiger partial charge in [-0.05, 0) is 42.5 Å². The molecule has 0 saturated carbocycles. The number of nitrogens with zero attached hydrogens (tertiary/aromatic N) is 1. The molecule has 1 amide bonds. The lowest BCUT2D eigenvalue weighted by molar-refractivity contribution is -0.119. The van der Waals surface area contributed by atoms with E-state index in [1.54, 1.807) is 20.8 Å². The zero-order valence-corrected chi connectivity index (χ0v) is 20.2. The van der Waals surface area contributed by atoms with Crippen LogP contribution in [0.1, 0.15) is 31.1 Å². The lowest BCUT2D eigenvalue weighted by Crippen LogP contribution is -2.30. The van der Waals surface area contributed by atoms with E-state index in [4.69, 9.17) is 4.74 Å². The Kier molecular flexibility index (Phi) is 9.11. The summed E-state index contributed by atoms with van der Waals surface area (Å²) in [7, 11) is -7.36. The zero-order chi connectivity index (χ0) is 24.6. The Morgan fingerprint density at radius 3 is 2.12 bits per heavy atom. The van der Waals surface area contributed by atoms with Crippen LogP contribution in [0, 0.1) is 0 Å². The van der Waals surface area contributed by atoms with Crippen molar-refractivity contribution in [2.45, 2.75) is 30.6 Å². The topological polar surface area (TPSA) is 139 Å². The first-order valence-electron chi connectivity index (χ1n) is 10.2. The van der Waals surface area contributed by atoms with Crippen LogP contribution in [0.3, 0.4) is 0 Å². The number of ether oxygens (including phenoxy) is 1. The molecule has 0 heterocycles. The molecule has 2 N–H and O–H groups in total. The van der Waals surface area contributed by atoms with Crippen molar-refractivity contribution in [3.05, 3.63) is 54.1 Å². The highest BCUT2D eigenvalue weighted by molar-refractivity contribution is 7.89. The minimum absolute atomic E-state index is 0.0206. The van der Waals surface area contributed by atoms with Gasteiger partial charge in [0.15, 0.2) is 6.61 Å². The molecule has 0 fully saturated rings. The minimum atomic E-state index is -3.74. The van der Waals surface area contributed by atoms with Gasteiger partial charge in [-0.3, -0.25) is 4.79 Å². The van der Waals surface area contributed by atoms with E-state index in [9.17, 15) is 26.4 Å². The van der Waals surface area contributed by atoms with Gasteiger partial charge in [-0.15, -0.1) is 0 Å². The molecule has 2 aromatic carbocycles. The Bertz CT molecular complexity index is 1190. The monoisotopic (exact) mass is 497 g/mol. The molecule has 10 nitrogen and oxygen atoms in total. The van der Waals surface area contributed by atoms with E-state index in [1.807, 2.05) is 0 Å². The van der Waals surface area contributed by atoms with Gasteiger partial charge in [-0.1, -0.05) is 26.8 Å². The summed E-state index contributed by atoms with van der Waals surface area (Å²) in [5.41, 5.74) is 0.306. The van der Waals surface area contributed by atoms with Crippen LogP contribution in [0.5, 0.6) is 0 Å². The second-order valence-electron chi connectivity index (χ2n) is 6.77. The van der Waals surface area contributed by atoms with Crippen molar-refractivity contribution < 1.29 is 31.2 Å². The van der Waals surface area contributed by atoms with Gasteiger partial charge in [0.2, 0.25) is 20.0 Å². The first-order chi connectivity index (χ1) is 15.5. The molecule has 0 bridgehead atoms. The number of benzene rings is 2. The highest BCUT2D eigenvalue weighted by atomic mass is 32.2. The number of amides is 1. The number of carbonyl (C=O) groups excluding carboxylic acids is 2. The summed E-state index contributed by atoms with van der Waals surface area (Å²) in [4.78, 5) is 24.4. The predicted octanol–water partition coefficient (Wildman–Crippen LogP) is 1.81. The van der Waals surface area contributed by atoms with Crippen molar-refractivity contribution in [3.8, 4) is 0 Å². The summed E-state index contributed by atoms with van der Waals surface area (Å²) >= 11 is 0. The normalized spacial score (nSPS) is 11.9. The molecule has 180 valence electrons. The van der Waals surface area contributed by atoms with Gasteiger partial charge in [0.1, 0.15) is 0 Å². The summed E-state index contributed by atoms with van der Waals surface area (Å²) in [5.74, 6) is -1.50. The number of rotatable bonds is 11. The molecule has 0 atom stereocenters. The molecule has 2 aromatic rings. The lowest BCUT2D eigenvalue weighted by Gasteiger charge is -2.18. The second kappa shape index (κ2) is 11.4. The summed E-state index contributed by atoms with van der Waals surface area (Å²) in [6.07, 6.45) is 0. The number of carbonyl (C=O) groups is 2. The van der Waals surface area contributed by atoms with Crippen LogP contribution >= 0.6 is 0 Å². The number of sulfonamides is 2. The van der Waals surface area contributed by atoms with Crippen LogP contribution in [0.2, 0.25) is 0 Å². The van der Waals surface area contributed by atoms with E-state index in [1.165, 1.54) is 46.8 Å². The average molecular weight is 498 g/mol. The van der Waals surface area contributed by atoms with Gasteiger partial charge >= 0.3 is 5.97 Å². The summed E-state index contributed by atoms with van der Waals surface area (Å²) < 4.78 is 57.7. The van der Waals surface area contributed by atoms with Crippen LogP contribution in [0.4, 0.5) is 5.69 Å². The third-order valence-corrected chi connectivity index (χ3v) is 8.14. The van der Waals surface area contributed by atoms with Crippen LogP contribution in [0.25, 0.3) is 0 Å². The molecule has 0 unspecified atom stereocenters. The maximum absolute atomic E-state index is 12.5. The fourth-order valence-corrected chi connectivity index (χ4v) is 5.44. The zero-order valence-electron chi connectivity index (χ0n) is 18.6. The smallest absolute Gasteiger partial charge is 0.338 e. The highest BCUT2D eigenvalue weighted by Gasteiger charge is 2.21. The maximum Gasteiger partial charge on any atom is 0.338 e. The Morgan fingerprint density at radius 1 is 0.909 bits per heavy atom. The largest absolute Gasteiger partial charge is 0.452 e. The van der Waals surface area contributed by atoms with Gasteiger partial charge in [0.05, 0.1) is 15.4 Å². The lowest BCUT2D eigenvalue weighted by atomic mass is 10.2. The SMILES string of the molecule is CCNS(=O)(=O)c1cccc(C(=O)OCC(=O)Nc2ccc(S(=O)(=O)N(CC)CC)cc2)c1. The van der Waals surface area contributed by atoms with Crippen LogP contribution in [0.15, 0.2) is 58.3 Å². The van der Waals surface area contributed by atoms with Gasteiger partial charge in [-0.2, -0.15) is 4.31 Å². The molecule has 0 spiro atoms. The molecule has 0 aliphatic rings. The summed E-state index contributed by atoms with van der Waals surface area (Å²) in [6, 6.07) is 10.9. The fraction of sp³-hybridized carbons (Fsp3) is 0.333. The standard InChI is InChI=1S/C21H27N3O7S2/c1-4-22-32(27,28)19-9-7-8-16(14-19)21(26)31-15-20(25)23-17-10-12-18(13-11-17)33(29,30)24(5-2)6-3/h7-14,22H,4-6,15H2,1-3H3,(H,23,25). The maximum atomic E-state index is 12.5. The summed E-state index contributed by atoms with van der Waals surface area (Å²) in [6.45, 7) is 5.38. The van der Waals surface area contributed by atoms with Crippen molar-refractivity contribution in [2.75, 3.05) is 31.6 Å². The third-order valence-electron chi connectivity index (χ3n) is 4.53. The molecule has 33 heavy (non-hydrogen) atoms. The Labute approximate surface area is 194 Å². The number of anilines is 1. The van der Waals surface area contributed by atoms with Gasteiger partial charge in [-0.25, -0.2) is 26.4 Å². The molecule has 0 aromatic heterocycles. The van der Waals surface area contributed by atoms with E-state index in [2.05, 4.69) is 10.0 Å². The number of hydrogen-bond acceptors (Lipinski definition) is 7. The van der Waals surface area contributed by atoms with Crippen molar-refractivity contribution in [1.29, 1.82) is 0 Å². The number of esters is 1. The van der Waals surface area contributed by atoms with E-state index in [-0.39, 0.29) is 21.9 Å². The Hall–Kier alpha value is -2.80. The molecule has 2 rings (SSSR count). The van der Waals surface area contributed by atoms with E-state index in [0.717, 1.165) is 6.07 Å². The molecular formula is C21H27N3O7S2. The van der Waals surface area contributed by atoms with Crippen LogP contribution in [-0.2, 0) is 29.6 Å². The van der Waals surface area contributed by atoms with E-state index in [0.29, 0.717) is 18.8 Å². The van der Waals surface area contributed by atoms with Gasteiger partial charge in [0.25, 0.3) is 5.91 Å². The van der Waals surface area contributed by atoms with Gasteiger partial charge < -0.3 is 10.1 Å². The van der Waals surface area contributed by atoms with Crippen molar-refractivity contribution >= 4 is 37.6 Å². The molecule has 0 radical (unpaired) electrons. The van der Waals surface area contributed by atoms with Crippen molar-refractivity contribution in [1.82, 2.24) is 9.03 Å². The van der Waals surface area contributed by atoms with E-state index < -0.39 is 38.5 Å². The average Bonchev–Trinajstić information content (AvgIpc) is 2.78. The number of hydrogen-bond donors (Lipinski definition) is 2.